The molecule has 2 N–H and O–H groups in total. The maximum Gasteiger partial charge on any atom is 0.0386 e. The quantitative estimate of drug-likeness (QED) is 0.740. The zero-order valence-corrected chi connectivity index (χ0v) is 10.9. The second-order valence-electron chi connectivity index (χ2n) is 5.11. The van der Waals surface area contributed by atoms with Gasteiger partial charge in [-0.3, -0.25) is 0 Å². The number of hydrogen-bond acceptors (Lipinski definition) is 2. The van der Waals surface area contributed by atoms with E-state index in [2.05, 4.69) is 58.5 Å². The van der Waals surface area contributed by atoms with E-state index < -0.39 is 0 Å². The van der Waals surface area contributed by atoms with Crippen LogP contribution in [0.15, 0.2) is 18.2 Å². The van der Waals surface area contributed by atoms with Crippen molar-refractivity contribution in [3.63, 3.8) is 0 Å². The van der Waals surface area contributed by atoms with Crippen LogP contribution < -0.4 is 5.73 Å². The summed E-state index contributed by atoms with van der Waals surface area (Å²) < 4.78 is 0. The maximum atomic E-state index is 5.98. The molecule has 0 aliphatic heterocycles. The third-order valence-electron chi connectivity index (χ3n) is 2.73. The Labute approximate surface area is 98.5 Å². The van der Waals surface area contributed by atoms with Crippen molar-refractivity contribution in [1.82, 2.24) is 0 Å². The summed E-state index contributed by atoms with van der Waals surface area (Å²) in [5, 5.41) is 0. The fourth-order valence-corrected chi connectivity index (χ4v) is 1.85. The molecule has 2 heteroatoms. The second-order valence-corrected chi connectivity index (χ2v) is 5.48. The zero-order valence-electron chi connectivity index (χ0n) is 10.0. The van der Waals surface area contributed by atoms with Crippen molar-refractivity contribution in [2.24, 2.45) is 5.73 Å². The lowest BCUT2D eigenvalue weighted by molar-refractivity contribution is 0.589. The van der Waals surface area contributed by atoms with Gasteiger partial charge in [0.05, 0.1) is 0 Å². The number of aryl methyl sites for hydroxylation is 1. The Morgan fingerprint density at radius 3 is 2.33 bits per heavy atom. The molecule has 1 aromatic rings. The van der Waals surface area contributed by atoms with Gasteiger partial charge in [-0.05, 0) is 29.0 Å². The summed E-state index contributed by atoms with van der Waals surface area (Å²) >= 11 is 4.23. The van der Waals surface area contributed by atoms with Gasteiger partial charge >= 0.3 is 0 Å². The van der Waals surface area contributed by atoms with Gasteiger partial charge in [0.2, 0.25) is 0 Å². The number of nitrogens with two attached hydrogens (primary N) is 1. The molecule has 0 aliphatic rings. The van der Waals surface area contributed by atoms with Gasteiger partial charge < -0.3 is 5.73 Å². The van der Waals surface area contributed by atoms with Crippen LogP contribution in [-0.4, -0.2) is 5.75 Å². The first-order valence-corrected chi connectivity index (χ1v) is 5.97. The summed E-state index contributed by atoms with van der Waals surface area (Å²) in [4.78, 5) is 0. The largest absolute Gasteiger partial charge is 0.323 e. The number of benzene rings is 1. The Morgan fingerprint density at radius 2 is 1.93 bits per heavy atom. The Hall–Kier alpha value is -0.470. The molecule has 0 bridgehead atoms. The summed E-state index contributed by atoms with van der Waals surface area (Å²) in [6, 6.07) is 6.59. The predicted molar refractivity (Wildman–Crippen MR) is 70.7 cm³/mol. The van der Waals surface area contributed by atoms with Gasteiger partial charge in [-0.15, -0.1) is 0 Å². The highest BCUT2D eigenvalue weighted by atomic mass is 32.1. The van der Waals surface area contributed by atoms with Crippen molar-refractivity contribution in [1.29, 1.82) is 0 Å². The first-order valence-electron chi connectivity index (χ1n) is 5.33. The molecule has 0 saturated carbocycles. The van der Waals surface area contributed by atoms with Gasteiger partial charge in [0.1, 0.15) is 0 Å². The SMILES string of the molecule is Cc1cc(C(C)(C)C)ccc1C(N)CS. The summed E-state index contributed by atoms with van der Waals surface area (Å²) in [6.07, 6.45) is 0. The maximum absolute atomic E-state index is 5.98. The third-order valence-corrected chi connectivity index (χ3v) is 3.13. The average molecular weight is 223 g/mol. The Balaban J connectivity index is 3.09. The summed E-state index contributed by atoms with van der Waals surface area (Å²) in [6.45, 7) is 8.79. The fourth-order valence-electron chi connectivity index (χ4n) is 1.66. The van der Waals surface area contributed by atoms with Crippen LogP contribution in [0.5, 0.6) is 0 Å². The van der Waals surface area contributed by atoms with Crippen LogP contribution in [0.1, 0.15) is 43.5 Å². The molecule has 15 heavy (non-hydrogen) atoms. The van der Waals surface area contributed by atoms with Gasteiger partial charge in [-0.2, -0.15) is 12.6 Å². The molecule has 0 fully saturated rings. The van der Waals surface area contributed by atoms with Crippen LogP contribution in [-0.2, 0) is 5.41 Å². The molecule has 0 aliphatic carbocycles. The molecule has 0 aromatic heterocycles. The number of rotatable bonds is 2. The zero-order chi connectivity index (χ0) is 11.6. The first kappa shape index (κ1) is 12.6. The Kier molecular flexibility index (Phi) is 3.85. The van der Waals surface area contributed by atoms with Crippen molar-refractivity contribution in [2.45, 2.75) is 39.2 Å². The van der Waals surface area contributed by atoms with E-state index >= 15 is 0 Å². The third kappa shape index (κ3) is 2.99. The van der Waals surface area contributed by atoms with Crippen LogP contribution in [0.25, 0.3) is 0 Å². The summed E-state index contributed by atoms with van der Waals surface area (Å²) in [7, 11) is 0. The topological polar surface area (TPSA) is 26.0 Å². The molecule has 1 nitrogen and oxygen atoms in total. The van der Waals surface area contributed by atoms with E-state index in [0.717, 1.165) is 0 Å². The summed E-state index contributed by atoms with van der Waals surface area (Å²) in [5.74, 6) is 0.690. The van der Waals surface area contributed by atoms with E-state index in [4.69, 9.17) is 5.73 Å². The first-order chi connectivity index (χ1) is 6.86. The molecule has 0 radical (unpaired) electrons. The van der Waals surface area contributed by atoms with Crippen molar-refractivity contribution in [2.75, 3.05) is 5.75 Å². The smallest absolute Gasteiger partial charge is 0.0386 e. The fraction of sp³-hybridized carbons (Fsp3) is 0.538. The van der Waals surface area contributed by atoms with Crippen molar-refractivity contribution < 1.29 is 0 Å². The van der Waals surface area contributed by atoms with Crippen molar-refractivity contribution in [3.05, 3.63) is 34.9 Å². The van der Waals surface area contributed by atoms with Crippen LogP contribution >= 0.6 is 12.6 Å². The van der Waals surface area contributed by atoms with Gasteiger partial charge in [0.25, 0.3) is 0 Å². The highest BCUT2D eigenvalue weighted by Crippen LogP contribution is 2.26. The van der Waals surface area contributed by atoms with Crippen molar-refractivity contribution in [3.8, 4) is 0 Å². The van der Waals surface area contributed by atoms with Gasteiger partial charge in [-0.25, -0.2) is 0 Å². The lowest BCUT2D eigenvalue weighted by Gasteiger charge is -2.21. The van der Waals surface area contributed by atoms with E-state index in [1.807, 2.05) is 0 Å². The molecule has 0 amide bonds. The lowest BCUT2D eigenvalue weighted by atomic mass is 9.85. The average Bonchev–Trinajstić information content (AvgIpc) is 2.15. The van der Waals surface area contributed by atoms with Gasteiger partial charge in [-0.1, -0.05) is 39.0 Å². The Morgan fingerprint density at radius 1 is 1.33 bits per heavy atom. The minimum absolute atomic E-state index is 0.0438. The van der Waals surface area contributed by atoms with E-state index in [1.54, 1.807) is 0 Å². The molecular weight excluding hydrogens is 202 g/mol. The molecule has 1 aromatic carbocycles. The molecular formula is C13H21NS. The van der Waals surface area contributed by atoms with E-state index in [9.17, 15) is 0 Å². The minimum atomic E-state index is 0.0438. The van der Waals surface area contributed by atoms with Crippen LogP contribution in [0.4, 0.5) is 0 Å². The van der Waals surface area contributed by atoms with Crippen molar-refractivity contribution >= 4 is 12.6 Å². The lowest BCUT2D eigenvalue weighted by Crippen LogP contribution is -2.16. The van der Waals surface area contributed by atoms with E-state index in [0.29, 0.717) is 5.75 Å². The molecule has 0 spiro atoms. The molecule has 84 valence electrons. The number of thiol groups is 1. The normalized spacial score (nSPS) is 14.0. The van der Waals surface area contributed by atoms with E-state index in [1.165, 1.54) is 16.7 Å². The molecule has 0 saturated heterocycles. The van der Waals surface area contributed by atoms with Gasteiger partial charge in [0, 0.05) is 11.8 Å². The standard InChI is InChI=1S/C13H21NS/c1-9-7-10(13(2,3)4)5-6-11(9)12(14)8-15/h5-7,12,15H,8,14H2,1-4H3. The highest BCUT2D eigenvalue weighted by Gasteiger charge is 2.15. The molecule has 1 unspecified atom stereocenters. The Bertz CT molecular complexity index is 339. The molecule has 0 heterocycles. The van der Waals surface area contributed by atoms with Crippen LogP contribution in [0.2, 0.25) is 0 Å². The monoisotopic (exact) mass is 223 g/mol. The van der Waals surface area contributed by atoms with Crippen LogP contribution in [0.3, 0.4) is 0 Å². The number of hydrogen-bond donors (Lipinski definition) is 2. The summed E-state index contributed by atoms with van der Waals surface area (Å²) in [5.41, 5.74) is 10.0. The second kappa shape index (κ2) is 4.58. The molecule has 1 atom stereocenters. The molecule has 1 rings (SSSR count). The van der Waals surface area contributed by atoms with Crippen LogP contribution in [0, 0.1) is 6.92 Å². The van der Waals surface area contributed by atoms with E-state index in [-0.39, 0.29) is 11.5 Å². The predicted octanol–water partition coefficient (Wildman–Crippen LogP) is 3.22. The van der Waals surface area contributed by atoms with Gasteiger partial charge in [0.15, 0.2) is 0 Å². The highest BCUT2D eigenvalue weighted by molar-refractivity contribution is 7.80. The minimum Gasteiger partial charge on any atom is -0.323 e.